The average molecular weight is 348 g/mol. The van der Waals surface area contributed by atoms with E-state index in [0.29, 0.717) is 0 Å². The second-order valence-corrected chi connectivity index (χ2v) is 6.80. The van der Waals surface area contributed by atoms with Crippen LogP contribution < -0.4 is 10.6 Å². The predicted octanol–water partition coefficient (Wildman–Crippen LogP) is 4.13. The van der Waals surface area contributed by atoms with Crippen molar-refractivity contribution in [3.05, 3.63) is 54.0 Å². The van der Waals surface area contributed by atoms with E-state index in [9.17, 15) is 4.79 Å². The third-order valence-corrected chi connectivity index (χ3v) is 3.36. The van der Waals surface area contributed by atoms with Crippen molar-refractivity contribution in [1.29, 1.82) is 0 Å². The molecule has 1 aromatic carbocycles. The molecule has 2 N–H and O–H groups in total. The largest absolute Gasteiger partial charge is 0.459 e. The summed E-state index contributed by atoms with van der Waals surface area (Å²) in [6.07, 6.45) is 0.481. The number of amides is 1. The fourth-order valence-electron chi connectivity index (χ4n) is 1.63. The fourth-order valence-corrected chi connectivity index (χ4v) is 1.95. The van der Waals surface area contributed by atoms with Crippen LogP contribution in [0.1, 0.15) is 16.1 Å². The number of nitrogens with one attached hydrogen (secondary N) is 2. The molecule has 0 saturated heterocycles. The third-order valence-electron chi connectivity index (χ3n) is 2.71. The molecule has 0 bridgehead atoms. The predicted molar refractivity (Wildman–Crippen MR) is 85.1 cm³/mol. The van der Waals surface area contributed by atoms with E-state index in [-0.39, 0.29) is 5.76 Å². The minimum Gasteiger partial charge on any atom is -0.459 e. The summed E-state index contributed by atoms with van der Waals surface area (Å²) in [5, 5.41) is 5.55. The number of carbonyl (C=O) groups is 1. The summed E-state index contributed by atoms with van der Waals surface area (Å²) in [6, 6.07) is 10.6. The summed E-state index contributed by atoms with van der Waals surface area (Å²) in [5.41, 5.74) is 1.82. The van der Waals surface area contributed by atoms with Crippen LogP contribution in [0.5, 0.6) is 0 Å². The van der Waals surface area contributed by atoms with E-state index in [0.717, 1.165) is 11.3 Å². The fraction of sp³-hybridized carbons (Fsp3) is 0.214. The van der Waals surface area contributed by atoms with Gasteiger partial charge in [0.25, 0.3) is 5.91 Å². The second kappa shape index (κ2) is 6.60. The summed E-state index contributed by atoms with van der Waals surface area (Å²) < 4.78 is 3.28. The lowest BCUT2D eigenvalue weighted by Gasteiger charge is -2.27. The molecule has 0 aliphatic heterocycles. The average Bonchev–Trinajstić information content (AvgIpc) is 2.93. The number of carbonyl (C=O) groups excluding carboxylic acids is 1. The number of hydrogen-bond acceptors (Lipinski definition) is 3. The van der Waals surface area contributed by atoms with Crippen molar-refractivity contribution < 1.29 is 9.21 Å². The van der Waals surface area contributed by atoms with Gasteiger partial charge in [0.15, 0.2) is 5.76 Å². The Kier molecular flexibility index (Phi) is 5.04. The molecule has 0 aliphatic rings. The van der Waals surface area contributed by atoms with E-state index in [2.05, 4.69) is 10.6 Å². The third kappa shape index (κ3) is 4.56. The van der Waals surface area contributed by atoms with Crippen molar-refractivity contribution in [3.8, 4) is 0 Å². The Labute approximate surface area is 137 Å². The van der Waals surface area contributed by atoms with Crippen molar-refractivity contribution in [2.24, 2.45) is 0 Å². The van der Waals surface area contributed by atoms with E-state index >= 15 is 0 Å². The highest BCUT2D eigenvalue weighted by atomic mass is 35.6. The molecule has 21 heavy (non-hydrogen) atoms. The van der Waals surface area contributed by atoms with Crippen molar-refractivity contribution >= 4 is 46.4 Å². The van der Waals surface area contributed by atoms with Crippen molar-refractivity contribution in [1.82, 2.24) is 5.32 Å². The topological polar surface area (TPSA) is 54.3 Å². The van der Waals surface area contributed by atoms with Gasteiger partial charge in [0.1, 0.15) is 6.17 Å². The van der Waals surface area contributed by atoms with Gasteiger partial charge < -0.3 is 15.1 Å². The zero-order valence-electron chi connectivity index (χ0n) is 11.1. The zero-order valence-corrected chi connectivity index (χ0v) is 13.3. The molecule has 0 fully saturated rings. The van der Waals surface area contributed by atoms with Crippen LogP contribution in [0.2, 0.25) is 0 Å². The van der Waals surface area contributed by atoms with E-state index in [1.165, 1.54) is 12.3 Å². The van der Waals surface area contributed by atoms with Gasteiger partial charge in [-0.1, -0.05) is 52.5 Å². The summed E-state index contributed by atoms with van der Waals surface area (Å²) in [6.45, 7) is 1.97. The first-order chi connectivity index (χ1) is 9.86. The second-order valence-electron chi connectivity index (χ2n) is 4.44. The number of hydrogen-bond donors (Lipinski definition) is 2. The molecule has 0 spiro atoms. The van der Waals surface area contributed by atoms with Crippen molar-refractivity contribution in [3.63, 3.8) is 0 Å². The molecule has 1 heterocycles. The zero-order chi connectivity index (χ0) is 15.5. The molecule has 1 amide bonds. The van der Waals surface area contributed by atoms with Crippen LogP contribution in [0.25, 0.3) is 0 Å². The Hall–Kier alpha value is -1.36. The number of rotatable bonds is 4. The number of halogens is 3. The lowest BCUT2D eigenvalue weighted by Crippen LogP contribution is -2.49. The lowest BCUT2D eigenvalue weighted by atomic mass is 10.2. The Morgan fingerprint density at radius 1 is 1.19 bits per heavy atom. The van der Waals surface area contributed by atoms with E-state index in [1.807, 2.05) is 31.2 Å². The molecule has 2 aromatic rings. The van der Waals surface area contributed by atoms with Gasteiger partial charge in [-0.2, -0.15) is 0 Å². The minimum absolute atomic E-state index is 0.139. The quantitative estimate of drug-likeness (QED) is 0.646. The summed E-state index contributed by atoms with van der Waals surface area (Å²) >= 11 is 17.7. The highest BCUT2D eigenvalue weighted by Gasteiger charge is 2.34. The Balaban J connectivity index is 2.12. The molecular formula is C14H13Cl3N2O2. The molecule has 4 nitrogen and oxygen atoms in total. The summed E-state index contributed by atoms with van der Waals surface area (Å²) in [7, 11) is 0. The SMILES string of the molecule is Cc1ccc(N[C@@H](NC(=O)c2ccco2)C(Cl)(Cl)Cl)cc1. The monoisotopic (exact) mass is 346 g/mol. The maximum atomic E-state index is 12.0. The van der Waals surface area contributed by atoms with E-state index < -0.39 is 15.9 Å². The number of furan rings is 1. The maximum absolute atomic E-state index is 12.0. The normalized spacial score (nSPS) is 12.8. The van der Waals surface area contributed by atoms with Crippen molar-refractivity contribution in [2.45, 2.75) is 16.9 Å². The molecular weight excluding hydrogens is 335 g/mol. The van der Waals surface area contributed by atoms with Gasteiger partial charge >= 0.3 is 0 Å². The molecule has 112 valence electrons. The van der Waals surface area contributed by atoms with Crippen LogP contribution in [-0.2, 0) is 0 Å². The van der Waals surface area contributed by atoms with Crippen LogP contribution in [0.4, 0.5) is 5.69 Å². The number of aryl methyl sites for hydroxylation is 1. The molecule has 1 atom stereocenters. The van der Waals surface area contributed by atoms with Gasteiger partial charge in [0.2, 0.25) is 3.79 Å². The molecule has 1 aromatic heterocycles. The van der Waals surface area contributed by atoms with E-state index in [4.69, 9.17) is 39.2 Å². The Morgan fingerprint density at radius 2 is 1.86 bits per heavy atom. The first-order valence-electron chi connectivity index (χ1n) is 6.10. The molecule has 0 saturated carbocycles. The van der Waals surface area contributed by atoms with E-state index in [1.54, 1.807) is 6.07 Å². The summed E-state index contributed by atoms with van der Waals surface area (Å²) in [4.78, 5) is 12.0. The van der Waals surface area contributed by atoms with Crippen LogP contribution >= 0.6 is 34.8 Å². The first-order valence-corrected chi connectivity index (χ1v) is 7.24. The van der Waals surface area contributed by atoms with Crippen LogP contribution in [-0.4, -0.2) is 15.9 Å². The highest BCUT2D eigenvalue weighted by molar-refractivity contribution is 6.68. The maximum Gasteiger partial charge on any atom is 0.288 e. The number of alkyl halides is 3. The smallest absolute Gasteiger partial charge is 0.288 e. The van der Waals surface area contributed by atoms with Crippen LogP contribution in [0.15, 0.2) is 47.1 Å². The van der Waals surface area contributed by atoms with Gasteiger partial charge in [0.05, 0.1) is 6.26 Å². The Morgan fingerprint density at radius 3 is 2.38 bits per heavy atom. The highest BCUT2D eigenvalue weighted by Crippen LogP contribution is 2.31. The molecule has 0 aliphatic carbocycles. The van der Waals surface area contributed by atoms with Crippen LogP contribution in [0.3, 0.4) is 0 Å². The summed E-state index contributed by atoms with van der Waals surface area (Å²) in [5.74, 6) is -0.337. The minimum atomic E-state index is -1.73. The van der Waals surface area contributed by atoms with Crippen molar-refractivity contribution in [2.75, 3.05) is 5.32 Å². The molecule has 0 unspecified atom stereocenters. The Bertz CT molecular complexity index is 592. The molecule has 0 radical (unpaired) electrons. The lowest BCUT2D eigenvalue weighted by molar-refractivity contribution is 0.0914. The first kappa shape index (κ1) is 16.0. The molecule has 2 rings (SSSR count). The van der Waals surface area contributed by atoms with Gasteiger partial charge in [-0.05, 0) is 31.2 Å². The van der Waals surface area contributed by atoms with Gasteiger partial charge in [-0.25, -0.2) is 0 Å². The number of anilines is 1. The van der Waals surface area contributed by atoms with Gasteiger partial charge in [-0.15, -0.1) is 0 Å². The van der Waals surface area contributed by atoms with Crippen LogP contribution in [0, 0.1) is 6.92 Å². The van der Waals surface area contributed by atoms with Gasteiger partial charge in [-0.3, -0.25) is 4.79 Å². The number of benzene rings is 1. The molecule has 7 heteroatoms. The van der Waals surface area contributed by atoms with Gasteiger partial charge in [0, 0.05) is 5.69 Å². The standard InChI is InChI=1S/C14H13Cl3N2O2/c1-9-4-6-10(7-5-9)18-13(14(15,16)17)19-12(20)11-3-2-8-21-11/h2-8,13,18H,1H3,(H,19,20)/t13-/m0/s1.